The second-order valence-corrected chi connectivity index (χ2v) is 6.78. The van der Waals surface area contributed by atoms with Gasteiger partial charge < -0.3 is 10.5 Å². The zero-order chi connectivity index (χ0) is 18.1. The number of allylic oxidation sites excluding steroid dienone is 4. The van der Waals surface area contributed by atoms with E-state index in [2.05, 4.69) is 10.1 Å². The molecule has 130 valence electrons. The molecule has 25 heavy (non-hydrogen) atoms. The summed E-state index contributed by atoms with van der Waals surface area (Å²) in [7, 11) is 0. The van der Waals surface area contributed by atoms with E-state index in [0.717, 1.165) is 5.01 Å². The minimum absolute atomic E-state index is 0.210. The number of nitrogens with zero attached hydrogens (tertiary/aromatic N) is 3. The van der Waals surface area contributed by atoms with Crippen LogP contribution in [-0.4, -0.2) is 27.0 Å². The minimum atomic E-state index is -0.430. The van der Waals surface area contributed by atoms with Gasteiger partial charge in [-0.3, -0.25) is 9.59 Å². The number of carbonyl (C=O) groups excluding carboxylic acids is 1. The number of ether oxygens (including phenoxy) is 1. The van der Waals surface area contributed by atoms with Crippen molar-refractivity contribution in [2.24, 2.45) is 0 Å². The predicted octanol–water partition coefficient (Wildman–Crippen LogP) is 2.30. The van der Waals surface area contributed by atoms with Crippen molar-refractivity contribution in [2.75, 3.05) is 12.3 Å². The van der Waals surface area contributed by atoms with Gasteiger partial charge in [-0.25, -0.2) is 0 Å². The Morgan fingerprint density at radius 3 is 2.80 bits per heavy atom. The van der Waals surface area contributed by atoms with Crippen molar-refractivity contribution < 1.29 is 9.53 Å². The summed E-state index contributed by atoms with van der Waals surface area (Å²) in [4.78, 5) is 28.6. The van der Waals surface area contributed by atoms with Crippen LogP contribution in [0.2, 0.25) is 0 Å². The molecule has 0 amide bonds. The Kier molecular flexibility index (Phi) is 4.54. The standard InChI is InChI=1S/C17H18N4O3S/c1-4-24-13-8-10(5-6-12(13)22)7-11-14(18)21-17(19-15(11)23)25-16(20-21)9(2)3/h5-9H,4,18H2,1-3H3/b10-7-. The molecule has 0 aromatic carbocycles. The molecular formula is C17H18N4O3S. The molecule has 2 N–H and O–H groups in total. The van der Waals surface area contributed by atoms with Gasteiger partial charge in [0, 0.05) is 5.92 Å². The Hall–Kier alpha value is -2.74. The van der Waals surface area contributed by atoms with E-state index < -0.39 is 5.56 Å². The van der Waals surface area contributed by atoms with Crippen molar-refractivity contribution in [1.29, 1.82) is 0 Å². The van der Waals surface area contributed by atoms with E-state index in [1.54, 1.807) is 25.2 Å². The van der Waals surface area contributed by atoms with Gasteiger partial charge in [0.2, 0.25) is 10.7 Å². The number of hydrogen-bond acceptors (Lipinski definition) is 7. The molecule has 3 rings (SSSR count). The fraction of sp³-hybridized carbons (Fsp3) is 0.294. The SMILES string of the molecule is CCOC1=C/C(=C\c2c(N)n3nc(C(C)C)sc3nc2=O)C=CC1=O. The maximum absolute atomic E-state index is 12.4. The van der Waals surface area contributed by atoms with Crippen molar-refractivity contribution in [3.63, 3.8) is 0 Å². The van der Waals surface area contributed by atoms with Gasteiger partial charge >= 0.3 is 0 Å². The van der Waals surface area contributed by atoms with Crippen LogP contribution < -0.4 is 11.3 Å². The zero-order valence-electron chi connectivity index (χ0n) is 14.1. The number of nitrogen functional groups attached to an aromatic ring is 1. The number of anilines is 1. The third kappa shape index (κ3) is 3.25. The average molecular weight is 358 g/mol. The lowest BCUT2D eigenvalue weighted by atomic mass is 10.0. The molecule has 2 aromatic heterocycles. The number of fused-ring (bicyclic) bond motifs is 1. The molecule has 0 fully saturated rings. The van der Waals surface area contributed by atoms with Crippen molar-refractivity contribution in [3.05, 3.63) is 50.5 Å². The van der Waals surface area contributed by atoms with Crippen molar-refractivity contribution in [1.82, 2.24) is 14.6 Å². The first kappa shape index (κ1) is 17.1. The number of aromatic nitrogens is 3. The first-order valence-electron chi connectivity index (χ1n) is 7.88. The van der Waals surface area contributed by atoms with Gasteiger partial charge in [0.25, 0.3) is 5.56 Å². The lowest BCUT2D eigenvalue weighted by Crippen LogP contribution is -2.17. The molecule has 0 unspecified atom stereocenters. The smallest absolute Gasteiger partial charge is 0.283 e. The molecule has 0 bridgehead atoms. The van der Waals surface area contributed by atoms with Gasteiger partial charge in [0.15, 0.2) is 5.76 Å². The summed E-state index contributed by atoms with van der Waals surface area (Å²) < 4.78 is 6.79. The predicted molar refractivity (Wildman–Crippen MR) is 97.5 cm³/mol. The summed E-state index contributed by atoms with van der Waals surface area (Å²) in [6, 6.07) is 0. The van der Waals surface area contributed by atoms with E-state index in [0.29, 0.717) is 17.1 Å². The summed E-state index contributed by atoms with van der Waals surface area (Å²) in [5.41, 5.74) is 6.59. The Bertz CT molecular complexity index is 995. The lowest BCUT2D eigenvalue weighted by Gasteiger charge is -2.10. The minimum Gasteiger partial charge on any atom is -0.490 e. The van der Waals surface area contributed by atoms with E-state index in [1.165, 1.54) is 21.9 Å². The van der Waals surface area contributed by atoms with Crippen LogP contribution in [0.5, 0.6) is 0 Å². The van der Waals surface area contributed by atoms with Crippen LogP contribution in [0.3, 0.4) is 0 Å². The van der Waals surface area contributed by atoms with Gasteiger partial charge in [0.05, 0.1) is 12.2 Å². The molecule has 8 heteroatoms. The van der Waals surface area contributed by atoms with Gasteiger partial charge in [-0.1, -0.05) is 31.3 Å². The van der Waals surface area contributed by atoms with E-state index >= 15 is 0 Å². The molecule has 2 heterocycles. The molecule has 0 radical (unpaired) electrons. The number of rotatable bonds is 4. The molecule has 0 spiro atoms. The van der Waals surface area contributed by atoms with Gasteiger partial charge in [-0.05, 0) is 30.7 Å². The fourth-order valence-electron chi connectivity index (χ4n) is 2.31. The second-order valence-electron chi connectivity index (χ2n) is 5.79. The second kappa shape index (κ2) is 6.64. The molecule has 0 atom stereocenters. The van der Waals surface area contributed by atoms with Crippen LogP contribution in [0.1, 0.15) is 37.3 Å². The highest BCUT2D eigenvalue weighted by Gasteiger charge is 2.17. The largest absolute Gasteiger partial charge is 0.490 e. The van der Waals surface area contributed by atoms with Gasteiger partial charge in [-0.2, -0.15) is 14.6 Å². The quantitative estimate of drug-likeness (QED) is 0.900. The number of ketones is 1. The molecular weight excluding hydrogens is 340 g/mol. The summed E-state index contributed by atoms with van der Waals surface area (Å²) >= 11 is 1.35. The molecule has 1 aliphatic carbocycles. The summed E-state index contributed by atoms with van der Waals surface area (Å²) in [6.45, 7) is 6.21. The van der Waals surface area contributed by atoms with E-state index in [9.17, 15) is 9.59 Å². The monoisotopic (exact) mass is 358 g/mol. The Morgan fingerprint density at radius 1 is 1.36 bits per heavy atom. The highest BCUT2D eigenvalue weighted by atomic mass is 32.1. The third-order valence-electron chi connectivity index (χ3n) is 3.58. The maximum atomic E-state index is 12.4. The van der Waals surface area contributed by atoms with E-state index in [1.807, 2.05) is 13.8 Å². The Balaban J connectivity index is 2.11. The molecule has 1 aliphatic rings. The summed E-state index contributed by atoms with van der Waals surface area (Å²) in [5.74, 6) is 0.465. The van der Waals surface area contributed by atoms with Crippen LogP contribution in [0.15, 0.2) is 34.4 Å². The average Bonchev–Trinajstić information content (AvgIpc) is 2.99. The zero-order valence-corrected chi connectivity index (χ0v) is 15.0. The molecule has 2 aromatic rings. The lowest BCUT2D eigenvalue weighted by molar-refractivity contribution is -0.114. The van der Waals surface area contributed by atoms with E-state index in [-0.39, 0.29) is 28.8 Å². The molecule has 7 nitrogen and oxygen atoms in total. The normalized spacial score (nSPS) is 16.1. The summed E-state index contributed by atoms with van der Waals surface area (Å²) in [6.07, 6.45) is 6.18. The topological polar surface area (TPSA) is 99.6 Å². The first-order valence-corrected chi connectivity index (χ1v) is 8.70. The maximum Gasteiger partial charge on any atom is 0.283 e. The van der Waals surface area contributed by atoms with Gasteiger partial charge in [-0.15, -0.1) is 0 Å². The number of carbonyl (C=O) groups is 1. The van der Waals surface area contributed by atoms with Crippen molar-refractivity contribution >= 4 is 34.0 Å². The van der Waals surface area contributed by atoms with Crippen LogP contribution in [0.4, 0.5) is 5.82 Å². The number of hydrogen-bond donors (Lipinski definition) is 1. The van der Waals surface area contributed by atoms with Crippen molar-refractivity contribution in [2.45, 2.75) is 26.7 Å². The summed E-state index contributed by atoms with van der Waals surface area (Å²) in [5, 5.41) is 5.28. The van der Waals surface area contributed by atoms with Gasteiger partial charge in [0.1, 0.15) is 10.8 Å². The van der Waals surface area contributed by atoms with Crippen LogP contribution in [-0.2, 0) is 9.53 Å². The molecule has 0 saturated carbocycles. The highest BCUT2D eigenvalue weighted by Crippen LogP contribution is 2.24. The van der Waals surface area contributed by atoms with Crippen LogP contribution in [0.25, 0.3) is 11.0 Å². The van der Waals surface area contributed by atoms with Crippen molar-refractivity contribution in [3.8, 4) is 0 Å². The van der Waals surface area contributed by atoms with Crippen LogP contribution >= 0.6 is 11.3 Å². The Labute approximate surface area is 148 Å². The third-order valence-corrected chi connectivity index (χ3v) is 4.79. The Morgan fingerprint density at radius 2 is 2.12 bits per heavy atom. The van der Waals surface area contributed by atoms with Crippen LogP contribution in [0, 0.1) is 0 Å². The fourth-order valence-corrected chi connectivity index (χ4v) is 3.21. The van der Waals surface area contributed by atoms with E-state index in [4.69, 9.17) is 10.5 Å². The molecule has 0 aliphatic heterocycles. The molecule has 0 saturated heterocycles. The first-order chi connectivity index (χ1) is 11.9. The number of nitrogens with two attached hydrogens (primary N) is 1. The highest BCUT2D eigenvalue weighted by molar-refractivity contribution is 7.16.